The number of carbonyl (C=O) groups excluding carboxylic acids is 1. The molecule has 1 aliphatic rings. The molecule has 9 nitrogen and oxygen atoms in total. The largest absolute Gasteiger partial charge is 0.365 e. The number of sulfonamides is 1. The third-order valence-corrected chi connectivity index (χ3v) is 5.52. The lowest BCUT2D eigenvalue weighted by Crippen LogP contribution is -2.63. The first-order chi connectivity index (χ1) is 12.2. The van der Waals surface area contributed by atoms with Gasteiger partial charge in [0.2, 0.25) is 10.0 Å². The summed E-state index contributed by atoms with van der Waals surface area (Å²) >= 11 is 0. The Hall–Kier alpha value is -2.90. The monoisotopic (exact) mass is 374 g/mol. The molecule has 0 spiro atoms. The molecule has 0 aliphatic carbocycles. The summed E-state index contributed by atoms with van der Waals surface area (Å²) in [7, 11) is -3.36. The molecule has 1 amide bonds. The number of primary amides is 1. The minimum absolute atomic E-state index is 0.0592. The molecule has 3 rings (SSSR count). The third kappa shape index (κ3) is 3.26. The van der Waals surface area contributed by atoms with Gasteiger partial charge in [-0.25, -0.2) is 8.42 Å². The van der Waals surface area contributed by atoms with E-state index in [2.05, 4.69) is 16.5 Å². The zero-order chi connectivity index (χ0) is 18.9. The van der Waals surface area contributed by atoms with E-state index in [4.69, 9.17) is 5.73 Å². The molecule has 0 saturated carbocycles. The highest BCUT2D eigenvalue weighted by atomic mass is 32.2. The van der Waals surface area contributed by atoms with Gasteiger partial charge >= 0.3 is 0 Å². The lowest BCUT2D eigenvalue weighted by Gasteiger charge is -2.47. The van der Waals surface area contributed by atoms with Crippen molar-refractivity contribution >= 4 is 27.4 Å². The molecule has 2 aromatic rings. The van der Waals surface area contributed by atoms with Crippen molar-refractivity contribution in [3.05, 3.63) is 42.1 Å². The second-order valence-electron chi connectivity index (χ2n) is 6.28. The maximum absolute atomic E-state index is 11.8. The van der Waals surface area contributed by atoms with E-state index in [0.29, 0.717) is 0 Å². The zero-order valence-electron chi connectivity index (χ0n) is 14.1. The van der Waals surface area contributed by atoms with E-state index in [0.717, 1.165) is 11.9 Å². The van der Waals surface area contributed by atoms with Crippen LogP contribution in [0.2, 0.25) is 0 Å². The molecule has 1 fully saturated rings. The average molecular weight is 374 g/mol. The number of nitrogens with two attached hydrogens (primary N) is 1. The standard InChI is InChI=1S/C16H18N6O3S/c1-26(24,25)21-10-16(11-21,7-8-17)22-9-13(14(18)23)15(20-22)19-12-5-3-2-4-6-12/h2-6,9H,7,10-11H2,1H3,(H2,18,23)(H,19,20). The number of nitriles is 1. The van der Waals surface area contributed by atoms with Gasteiger partial charge in [-0.2, -0.15) is 14.7 Å². The lowest BCUT2D eigenvalue weighted by atomic mass is 9.89. The summed E-state index contributed by atoms with van der Waals surface area (Å²) in [5.41, 5.74) is 5.52. The molecular formula is C16H18N6O3S. The Morgan fingerprint density at radius 2 is 2.04 bits per heavy atom. The average Bonchev–Trinajstić information content (AvgIpc) is 2.94. The van der Waals surface area contributed by atoms with Crippen LogP contribution in [-0.4, -0.2) is 47.8 Å². The van der Waals surface area contributed by atoms with Crippen molar-refractivity contribution in [1.82, 2.24) is 14.1 Å². The Morgan fingerprint density at radius 1 is 1.38 bits per heavy atom. The number of aromatic nitrogens is 2. The van der Waals surface area contributed by atoms with Gasteiger partial charge in [0.1, 0.15) is 11.1 Å². The molecule has 0 bridgehead atoms. The molecule has 0 unspecified atom stereocenters. The van der Waals surface area contributed by atoms with Gasteiger partial charge in [0.25, 0.3) is 5.91 Å². The molecule has 26 heavy (non-hydrogen) atoms. The summed E-state index contributed by atoms with van der Waals surface area (Å²) in [4.78, 5) is 11.8. The Morgan fingerprint density at radius 3 is 2.58 bits per heavy atom. The molecule has 0 atom stereocenters. The normalized spacial score (nSPS) is 16.5. The van der Waals surface area contributed by atoms with E-state index in [1.165, 1.54) is 15.2 Å². The quantitative estimate of drug-likeness (QED) is 0.761. The summed E-state index contributed by atoms with van der Waals surface area (Å²) in [6.45, 7) is 0.230. The molecule has 10 heteroatoms. The number of nitrogens with one attached hydrogen (secondary N) is 1. The van der Waals surface area contributed by atoms with Gasteiger partial charge in [-0.3, -0.25) is 9.48 Å². The number of hydrogen-bond acceptors (Lipinski definition) is 6. The van der Waals surface area contributed by atoms with Gasteiger partial charge in [0.05, 0.1) is 18.7 Å². The van der Waals surface area contributed by atoms with Gasteiger partial charge in [0, 0.05) is 25.0 Å². The van der Waals surface area contributed by atoms with Crippen molar-refractivity contribution in [2.75, 3.05) is 24.7 Å². The Balaban J connectivity index is 1.96. The second-order valence-corrected chi connectivity index (χ2v) is 8.26. The van der Waals surface area contributed by atoms with Crippen molar-refractivity contribution in [1.29, 1.82) is 5.26 Å². The predicted molar refractivity (Wildman–Crippen MR) is 95.1 cm³/mol. The fourth-order valence-electron chi connectivity index (χ4n) is 2.88. The number of carbonyl (C=O) groups is 1. The third-order valence-electron chi connectivity index (χ3n) is 4.32. The first-order valence-electron chi connectivity index (χ1n) is 7.79. The predicted octanol–water partition coefficient (Wildman–Crippen LogP) is 0.610. The summed E-state index contributed by atoms with van der Waals surface area (Å²) in [5.74, 6) is -0.403. The number of nitrogens with zero attached hydrogens (tertiary/aromatic N) is 4. The molecule has 3 N–H and O–H groups in total. The fraction of sp³-hybridized carbons (Fsp3) is 0.312. The van der Waals surface area contributed by atoms with Crippen LogP contribution in [0.5, 0.6) is 0 Å². The molecule has 1 aromatic carbocycles. The van der Waals surface area contributed by atoms with Gasteiger partial charge in [-0.1, -0.05) is 18.2 Å². The summed E-state index contributed by atoms with van der Waals surface area (Å²) in [6, 6.07) is 11.2. The molecule has 1 aromatic heterocycles. The summed E-state index contributed by atoms with van der Waals surface area (Å²) < 4.78 is 26.1. The van der Waals surface area contributed by atoms with Crippen molar-refractivity contribution in [2.45, 2.75) is 12.0 Å². The van der Waals surface area contributed by atoms with Crippen LogP contribution in [0.25, 0.3) is 0 Å². The van der Waals surface area contributed by atoms with E-state index < -0.39 is 21.5 Å². The molecule has 1 saturated heterocycles. The van der Waals surface area contributed by atoms with Crippen LogP contribution in [-0.2, 0) is 15.6 Å². The first-order valence-corrected chi connectivity index (χ1v) is 9.64. The number of para-hydroxylation sites is 1. The van der Waals surface area contributed by atoms with E-state index in [1.807, 2.05) is 30.3 Å². The van der Waals surface area contributed by atoms with E-state index in [9.17, 15) is 18.5 Å². The zero-order valence-corrected chi connectivity index (χ0v) is 14.9. The maximum atomic E-state index is 11.8. The van der Waals surface area contributed by atoms with Crippen LogP contribution in [0, 0.1) is 11.3 Å². The number of benzene rings is 1. The van der Waals surface area contributed by atoms with Crippen LogP contribution < -0.4 is 11.1 Å². The van der Waals surface area contributed by atoms with Crippen LogP contribution in [0.3, 0.4) is 0 Å². The van der Waals surface area contributed by atoms with Crippen molar-refractivity contribution in [3.63, 3.8) is 0 Å². The molecular weight excluding hydrogens is 356 g/mol. The highest BCUT2D eigenvalue weighted by molar-refractivity contribution is 7.88. The lowest BCUT2D eigenvalue weighted by molar-refractivity contribution is 0.0724. The smallest absolute Gasteiger partial charge is 0.254 e. The number of anilines is 2. The minimum Gasteiger partial charge on any atom is -0.365 e. The van der Waals surface area contributed by atoms with E-state index in [1.54, 1.807) is 0 Å². The second kappa shape index (κ2) is 6.44. The number of rotatable bonds is 6. The van der Waals surface area contributed by atoms with Crippen molar-refractivity contribution < 1.29 is 13.2 Å². The Bertz CT molecular complexity index is 971. The van der Waals surface area contributed by atoms with Gasteiger partial charge in [-0.05, 0) is 12.1 Å². The van der Waals surface area contributed by atoms with Crippen LogP contribution in [0.1, 0.15) is 16.8 Å². The number of amides is 1. The van der Waals surface area contributed by atoms with E-state index >= 15 is 0 Å². The molecule has 0 radical (unpaired) electrons. The fourth-order valence-corrected chi connectivity index (χ4v) is 3.83. The maximum Gasteiger partial charge on any atom is 0.254 e. The van der Waals surface area contributed by atoms with Crippen molar-refractivity contribution in [2.24, 2.45) is 5.73 Å². The first kappa shape index (κ1) is 17.9. The van der Waals surface area contributed by atoms with Gasteiger partial charge in [-0.15, -0.1) is 0 Å². The minimum atomic E-state index is -3.36. The Kier molecular flexibility index (Phi) is 4.43. The SMILES string of the molecule is CS(=O)(=O)N1CC(CC#N)(n2cc(C(N)=O)c(Nc3ccccc3)n2)C1. The highest BCUT2D eigenvalue weighted by Gasteiger charge is 2.49. The van der Waals surface area contributed by atoms with Crippen LogP contribution >= 0.6 is 0 Å². The molecule has 2 heterocycles. The molecule has 136 valence electrons. The summed E-state index contributed by atoms with van der Waals surface area (Å²) in [5, 5.41) is 16.6. The van der Waals surface area contributed by atoms with Crippen LogP contribution in [0.4, 0.5) is 11.5 Å². The highest BCUT2D eigenvalue weighted by Crippen LogP contribution is 2.35. The summed E-state index contributed by atoms with van der Waals surface area (Å²) in [6.07, 6.45) is 2.64. The Labute approximate surface area is 151 Å². The number of hydrogen-bond donors (Lipinski definition) is 2. The van der Waals surface area contributed by atoms with Crippen LogP contribution in [0.15, 0.2) is 36.5 Å². The van der Waals surface area contributed by atoms with Gasteiger partial charge in [0.15, 0.2) is 5.82 Å². The topological polar surface area (TPSA) is 134 Å². The molecule has 1 aliphatic heterocycles. The van der Waals surface area contributed by atoms with Crippen molar-refractivity contribution in [3.8, 4) is 6.07 Å². The van der Waals surface area contributed by atoms with Gasteiger partial charge < -0.3 is 11.1 Å². The van der Waals surface area contributed by atoms with E-state index in [-0.39, 0.29) is 30.9 Å².